The van der Waals surface area contributed by atoms with Crippen LogP contribution in [0.3, 0.4) is 0 Å². The molecule has 1 aromatic carbocycles. The van der Waals surface area contributed by atoms with Crippen molar-refractivity contribution >= 4 is 23.2 Å². The molecule has 1 aromatic rings. The minimum atomic E-state index is -0.520. The maximum Gasteiger partial charge on any atom is 0.235 e. The molecular weight excluding hydrogens is 238 g/mol. The normalized spacial score (nSPS) is 18.4. The molecule has 17 heavy (non-hydrogen) atoms. The number of amides is 1. The molecule has 2 rings (SSSR count). The summed E-state index contributed by atoms with van der Waals surface area (Å²) in [6.45, 7) is 6.04. The molecule has 3 nitrogen and oxygen atoms in total. The van der Waals surface area contributed by atoms with Gasteiger partial charge in [0.25, 0.3) is 0 Å². The van der Waals surface area contributed by atoms with E-state index in [0.717, 1.165) is 11.3 Å². The number of aryl methyl sites for hydroxylation is 1. The third-order valence-electron chi connectivity index (χ3n) is 3.07. The predicted octanol–water partition coefficient (Wildman–Crippen LogP) is 3.03. The van der Waals surface area contributed by atoms with E-state index in [0.29, 0.717) is 17.4 Å². The highest BCUT2D eigenvalue weighted by Gasteiger charge is 2.36. The lowest BCUT2D eigenvalue weighted by atomic mass is 9.93. The highest BCUT2D eigenvalue weighted by Crippen LogP contribution is 2.38. The van der Waals surface area contributed by atoms with Crippen LogP contribution in [0.15, 0.2) is 12.1 Å². The number of anilines is 1. The van der Waals surface area contributed by atoms with E-state index in [2.05, 4.69) is 0 Å². The maximum absolute atomic E-state index is 12.2. The summed E-state index contributed by atoms with van der Waals surface area (Å²) in [5, 5.41) is 0.657. The summed E-state index contributed by atoms with van der Waals surface area (Å²) in [5.41, 5.74) is 1.20. The summed E-state index contributed by atoms with van der Waals surface area (Å²) in [6, 6.07) is 3.66. The number of carbonyl (C=O) groups excluding carboxylic acids is 1. The zero-order valence-electron chi connectivity index (χ0n) is 10.5. The van der Waals surface area contributed by atoms with Gasteiger partial charge in [-0.3, -0.25) is 4.79 Å². The average molecular weight is 254 g/mol. The summed E-state index contributed by atoms with van der Waals surface area (Å²) in [4.78, 5) is 13.9. The summed E-state index contributed by atoms with van der Waals surface area (Å²) < 4.78 is 5.69. The SMILES string of the molecule is Cc1cc2c(cc1Cl)OCC(C)(C)C(=O)N2C. The second kappa shape index (κ2) is 3.91. The highest BCUT2D eigenvalue weighted by atomic mass is 35.5. The lowest BCUT2D eigenvalue weighted by Crippen LogP contribution is -2.39. The van der Waals surface area contributed by atoms with Crippen molar-refractivity contribution in [2.45, 2.75) is 20.8 Å². The molecule has 1 aliphatic rings. The second-order valence-corrected chi connectivity index (χ2v) is 5.51. The first-order valence-electron chi connectivity index (χ1n) is 5.54. The fourth-order valence-corrected chi connectivity index (χ4v) is 2.06. The maximum atomic E-state index is 12.2. The van der Waals surface area contributed by atoms with Crippen molar-refractivity contribution in [3.05, 3.63) is 22.7 Å². The van der Waals surface area contributed by atoms with Crippen molar-refractivity contribution in [1.29, 1.82) is 0 Å². The number of hydrogen-bond donors (Lipinski definition) is 0. The Morgan fingerprint density at radius 3 is 2.71 bits per heavy atom. The molecular formula is C13H16ClNO2. The lowest BCUT2D eigenvalue weighted by molar-refractivity contribution is -0.127. The van der Waals surface area contributed by atoms with Crippen molar-refractivity contribution in [1.82, 2.24) is 0 Å². The molecule has 0 atom stereocenters. The number of carbonyl (C=O) groups is 1. The Hall–Kier alpha value is -1.22. The van der Waals surface area contributed by atoms with E-state index in [9.17, 15) is 4.79 Å². The van der Waals surface area contributed by atoms with Gasteiger partial charge in [-0.05, 0) is 32.4 Å². The van der Waals surface area contributed by atoms with Crippen LogP contribution >= 0.6 is 11.6 Å². The van der Waals surface area contributed by atoms with Crippen molar-refractivity contribution in [2.24, 2.45) is 5.41 Å². The molecule has 0 aliphatic carbocycles. The minimum absolute atomic E-state index is 0.0537. The fraction of sp³-hybridized carbons (Fsp3) is 0.462. The average Bonchev–Trinajstić information content (AvgIpc) is 2.34. The molecule has 0 saturated heterocycles. The molecule has 1 heterocycles. The zero-order valence-corrected chi connectivity index (χ0v) is 11.3. The quantitative estimate of drug-likeness (QED) is 0.711. The Balaban J connectivity index is 2.55. The molecule has 0 saturated carbocycles. The van der Waals surface area contributed by atoms with E-state index in [-0.39, 0.29) is 5.91 Å². The zero-order chi connectivity index (χ0) is 12.8. The van der Waals surface area contributed by atoms with Gasteiger partial charge in [0.05, 0.1) is 11.1 Å². The molecule has 0 bridgehead atoms. The Morgan fingerprint density at radius 2 is 2.06 bits per heavy atom. The second-order valence-electron chi connectivity index (χ2n) is 5.11. The molecule has 0 unspecified atom stereocenters. The topological polar surface area (TPSA) is 29.5 Å². The summed E-state index contributed by atoms with van der Waals surface area (Å²) in [7, 11) is 1.77. The van der Waals surface area contributed by atoms with Crippen LogP contribution in [0.2, 0.25) is 5.02 Å². The number of nitrogens with zero attached hydrogens (tertiary/aromatic N) is 1. The molecule has 0 fully saturated rings. The monoisotopic (exact) mass is 253 g/mol. The van der Waals surface area contributed by atoms with Gasteiger partial charge in [0, 0.05) is 18.1 Å². The Kier molecular flexibility index (Phi) is 2.82. The van der Waals surface area contributed by atoms with Crippen molar-refractivity contribution in [3.8, 4) is 5.75 Å². The molecule has 1 aliphatic heterocycles. The molecule has 0 spiro atoms. The molecule has 0 N–H and O–H groups in total. The Morgan fingerprint density at radius 1 is 1.41 bits per heavy atom. The van der Waals surface area contributed by atoms with Crippen LogP contribution in [0.25, 0.3) is 0 Å². The van der Waals surface area contributed by atoms with Crippen molar-refractivity contribution in [3.63, 3.8) is 0 Å². The van der Waals surface area contributed by atoms with E-state index in [4.69, 9.17) is 16.3 Å². The molecule has 92 valence electrons. The van der Waals surface area contributed by atoms with Crippen LogP contribution in [0.5, 0.6) is 5.75 Å². The number of halogens is 1. The molecule has 4 heteroatoms. The Labute approximate surface area is 106 Å². The minimum Gasteiger partial charge on any atom is -0.490 e. The smallest absolute Gasteiger partial charge is 0.235 e. The number of benzene rings is 1. The number of rotatable bonds is 0. The largest absolute Gasteiger partial charge is 0.490 e. The van der Waals surface area contributed by atoms with Crippen LogP contribution in [0.4, 0.5) is 5.69 Å². The number of hydrogen-bond acceptors (Lipinski definition) is 2. The number of ether oxygens (including phenoxy) is 1. The van der Waals surface area contributed by atoms with Gasteiger partial charge in [0.15, 0.2) is 0 Å². The van der Waals surface area contributed by atoms with Crippen molar-refractivity contribution < 1.29 is 9.53 Å². The number of fused-ring (bicyclic) bond motifs is 1. The van der Waals surface area contributed by atoms with E-state index >= 15 is 0 Å². The highest BCUT2D eigenvalue weighted by molar-refractivity contribution is 6.31. The van der Waals surface area contributed by atoms with E-state index in [1.54, 1.807) is 18.0 Å². The van der Waals surface area contributed by atoms with Gasteiger partial charge in [0.2, 0.25) is 5.91 Å². The summed E-state index contributed by atoms with van der Waals surface area (Å²) >= 11 is 6.07. The molecule has 0 aromatic heterocycles. The van der Waals surface area contributed by atoms with Crippen LogP contribution in [0, 0.1) is 12.3 Å². The first-order chi connectivity index (χ1) is 7.83. The van der Waals surface area contributed by atoms with Gasteiger partial charge < -0.3 is 9.64 Å². The van der Waals surface area contributed by atoms with Gasteiger partial charge >= 0.3 is 0 Å². The fourth-order valence-electron chi connectivity index (χ4n) is 1.91. The summed E-state index contributed by atoms with van der Waals surface area (Å²) in [5.74, 6) is 0.722. The van der Waals surface area contributed by atoms with Gasteiger partial charge in [0.1, 0.15) is 12.4 Å². The van der Waals surface area contributed by atoms with Crippen LogP contribution in [-0.2, 0) is 4.79 Å². The van der Waals surface area contributed by atoms with E-state index < -0.39 is 5.41 Å². The van der Waals surface area contributed by atoms with Crippen LogP contribution < -0.4 is 9.64 Å². The van der Waals surface area contributed by atoms with Gasteiger partial charge in [-0.15, -0.1) is 0 Å². The third kappa shape index (κ3) is 2.00. The lowest BCUT2D eigenvalue weighted by Gasteiger charge is -2.24. The van der Waals surface area contributed by atoms with Gasteiger partial charge in [-0.2, -0.15) is 0 Å². The van der Waals surface area contributed by atoms with Crippen LogP contribution in [-0.4, -0.2) is 19.6 Å². The van der Waals surface area contributed by atoms with Gasteiger partial charge in [-0.25, -0.2) is 0 Å². The summed E-state index contributed by atoms with van der Waals surface area (Å²) in [6.07, 6.45) is 0. The van der Waals surface area contributed by atoms with Gasteiger partial charge in [-0.1, -0.05) is 11.6 Å². The molecule has 0 radical (unpaired) electrons. The first-order valence-corrected chi connectivity index (χ1v) is 5.92. The van der Waals surface area contributed by atoms with Crippen LogP contribution in [0.1, 0.15) is 19.4 Å². The molecule has 1 amide bonds. The van der Waals surface area contributed by atoms with E-state index in [1.807, 2.05) is 26.8 Å². The first kappa shape index (κ1) is 12.2. The standard InChI is InChI=1S/C13H16ClNO2/c1-8-5-10-11(6-9(8)14)17-7-13(2,3)12(16)15(10)4/h5-6H,7H2,1-4H3. The van der Waals surface area contributed by atoms with Crippen molar-refractivity contribution in [2.75, 3.05) is 18.6 Å². The van der Waals surface area contributed by atoms with E-state index in [1.165, 1.54) is 0 Å². The Bertz CT molecular complexity index is 483. The predicted molar refractivity (Wildman–Crippen MR) is 68.9 cm³/mol. The third-order valence-corrected chi connectivity index (χ3v) is 3.48.